The molecule has 0 heterocycles. The highest BCUT2D eigenvalue weighted by Gasteiger charge is 2.28. The summed E-state index contributed by atoms with van der Waals surface area (Å²) in [4.78, 5) is 21.5. The fourth-order valence-corrected chi connectivity index (χ4v) is 1.18. The summed E-state index contributed by atoms with van der Waals surface area (Å²) in [7, 11) is 0. The van der Waals surface area contributed by atoms with E-state index in [0.717, 1.165) is 6.07 Å². The van der Waals surface area contributed by atoms with Crippen LogP contribution in [-0.2, 0) is 4.79 Å². The molecule has 0 amide bonds. The second-order valence-corrected chi connectivity index (χ2v) is 4.03. The minimum absolute atomic E-state index is 0.155. The predicted molar refractivity (Wildman–Crippen MR) is 58.7 cm³/mol. The number of halogens is 1. The number of hydrogen-bond donors (Lipinski definition) is 3. The van der Waals surface area contributed by atoms with E-state index in [1.807, 2.05) is 0 Å². The fraction of sp³-hybridized carbons (Fsp3) is 0.273. The third-order valence-corrected chi connectivity index (χ3v) is 2.21. The Labute approximate surface area is 96.9 Å². The molecule has 0 spiro atoms. The molecule has 1 rings (SSSR count). The number of aromatic carboxylic acids is 1. The lowest BCUT2D eigenvalue weighted by molar-refractivity contribution is -0.141. The number of hydrogen-bond acceptors (Lipinski definition) is 3. The molecule has 0 bridgehead atoms. The quantitative estimate of drug-likeness (QED) is 0.748. The molecule has 1 aromatic carbocycles. The summed E-state index contributed by atoms with van der Waals surface area (Å²) < 4.78 is 13.7. The van der Waals surface area contributed by atoms with E-state index >= 15 is 0 Å². The van der Waals surface area contributed by atoms with Crippen LogP contribution in [0.3, 0.4) is 0 Å². The summed E-state index contributed by atoms with van der Waals surface area (Å²) in [5, 5.41) is 20.0. The van der Waals surface area contributed by atoms with Gasteiger partial charge >= 0.3 is 11.9 Å². The van der Waals surface area contributed by atoms with Crippen molar-refractivity contribution in [2.24, 2.45) is 0 Å². The largest absolute Gasteiger partial charge is 0.480 e. The van der Waals surface area contributed by atoms with Crippen molar-refractivity contribution in [1.29, 1.82) is 0 Å². The molecule has 0 saturated heterocycles. The number of carboxylic acid groups (broad SMARTS) is 2. The molecule has 0 atom stereocenters. The van der Waals surface area contributed by atoms with E-state index in [4.69, 9.17) is 10.2 Å². The van der Waals surface area contributed by atoms with Gasteiger partial charge in [0.1, 0.15) is 5.54 Å². The lowest BCUT2D eigenvalue weighted by Gasteiger charge is -2.23. The van der Waals surface area contributed by atoms with Crippen LogP contribution in [0.4, 0.5) is 10.1 Å². The molecular weight excluding hydrogens is 229 g/mol. The van der Waals surface area contributed by atoms with Crippen molar-refractivity contribution in [3.05, 3.63) is 29.6 Å². The topological polar surface area (TPSA) is 86.6 Å². The van der Waals surface area contributed by atoms with Crippen LogP contribution in [0.25, 0.3) is 0 Å². The summed E-state index contributed by atoms with van der Waals surface area (Å²) in [6.45, 7) is 2.70. The molecule has 0 unspecified atom stereocenters. The molecule has 17 heavy (non-hydrogen) atoms. The normalized spacial score (nSPS) is 11.0. The second-order valence-electron chi connectivity index (χ2n) is 4.03. The molecule has 0 aliphatic rings. The van der Waals surface area contributed by atoms with E-state index < -0.39 is 28.9 Å². The average molecular weight is 241 g/mol. The van der Waals surface area contributed by atoms with Crippen LogP contribution >= 0.6 is 0 Å². The van der Waals surface area contributed by atoms with Gasteiger partial charge in [0.25, 0.3) is 0 Å². The Balaban J connectivity index is 3.13. The van der Waals surface area contributed by atoms with E-state index in [0.29, 0.717) is 0 Å². The van der Waals surface area contributed by atoms with Gasteiger partial charge in [-0.15, -0.1) is 0 Å². The van der Waals surface area contributed by atoms with E-state index in [2.05, 4.69) is 5.32 Å². The van der Waals surface area contributed by atoms with Gasteiger partial charge < -0.3 is 15.5 Å². The van der Waals surface area contributed by atoms with Gasteiger partial charge in [-0.25, -0.2) is 14.0 Å². The first-order valence-electron chi connectivity index (χ1n) is 4.79. The van der Waals surface area contributed by atoms with Gasteiger partial charge in [-0.3, -0.25) is 0 Å². The molecule has 3 N–H and O–H groups in total. The lowest BCUT2D eigenvalue weighted by Crippen LogP contribution is -2.40. The van der Waals surface area contributed by atoms with Crippen LogP contribution in [-0.4, -0.2) is 27.7 Å². The maximum atomic E-state index is 13.7. The van der Waals surface area contributed by atoms with Crippen molar-refractivity contribution >= 4 is 17.6 Å². The summed E-state index contributed by atoms with van der Waals surface area (Å²) in [5.74, 6) is -3.55. The zero-order chi connectivity index (χ0) is 13.2. The van der Waals surface area contributed by atoms with Gasteiger partial charge in [0, 0.05) is 0 Å². The Morgan fingerprint density at radius 2 is 1.88 bits per heavy atom. The van der Waals surface area contributed by atoms with Gasteiger partial charge in [-0.2, -0.15) is 0 Å². The standard InChI is InChI=1S/C11H12FNO4/c1-11(2,10(16)17)13-7-5-3-4-6(8(7)12)9(14)15/h3-5,13H,1-2H3,(H,14,15)(H,16,17). The molecule has 1 aromatic rings. The number of nitrogens with one attached hydrogen (secondary N) is 1. The van der Waals surface area contributed by atoms with E-state index in [9.17, 15) is 14.0 Å². The molecule has 92 valence electrons. The van der Waals surface area contributed by atoms with Gasteiger partial charge in [0.05, 0.1) is 11.3 Å². The number of anilines is 1. The zero-order valence-electron chi connectivity index (χ0n) is 9.32. The minimum atomic E-state index is -1.40. The molecule has 0 aromatic heterocycles. The van der Waals surface area contributed by atoms with Crippen molar-refractivity contribution in [2.75, 3.05) is 5.32 Å². The molecule has 0 radical (unpaired) electrons. The summed E-state index contributed by atoms with van der Waals surface area (Å²) in [6, 6.07) is 3.73. The van der Waals surface area contributed by atoms with E-state index in [1.54, 1.807) is 0 Å². The van der Waals surface area contributed by atoms with Crippen LogP contribution < -0.4 is 5.32 Å². The average Bonchev–Trinajstić information content (AvgIpc) is 2.20. The Morgan fingerprint density at radius 3 is 2.35 bits per heavy atom. The predicted octanol–water partition coefficient (Wildman–Crippen LogP) is 1.80. The highest BCUT2D eigenvalue weighted by Crippen LogP contribution is 2.22. The van der Waals surface area contributed by atoms with E-state index in [1.165, 1.54) is 26.0 Å². The van der Waals surface area contributed by atoms with Crippen molar-refractivity contribution in [1.82, 2.24) is 0 Å². The number of aliphatic carboxylic acids is 1. The maximum absolute atomic E-state index is 13.7. The monoisotopic (exact) mass is 241 g/mol. The Bertz CT molecular complexity index is 471. The smallest absolute Gasteiger partial charge is 0.338 e. The number of benzene rings is 1. The molecule has 5 nitrogen and oxygen atoms in total. The number of carboxylic acids is 2. The van der Waals surface area contributed by atoms with Crippen LogP contribution in [0, 0.1) is 5.82 Å². The molecule has 6 heteroatoms. The van der Waals surface area contributed by atoms with Gasteiger partial charge in [0.2, 0.25) is 0 Å². The maximum Gasteiger partial charge on any atom is 0.338 e. The number of carbonyl (C=O) groups is 2. The van der Waals surface area contributed by atoms with Crippen LogP contribution in [0.15, 0.2) is 18.2 Å². The fourth-order valence-electron chi connectivity index (χ4n) is 1.18. The van der Waals surface area contributed by atoms with Crippen molar-refractivity contribution in [3.63, 3.8) is 0 Å². The molecule has 0 fully saturated rings. The Hall–Kier alpha value is -2.11. The summed E-state index contributed by atoms with van der Waals surface area (Å²) >= 11 is 0. The summed E-state index contributed by atoms with van der Waals surface area (Å²) in [5.41, 5.74) is -2.05. The Morgan fingerprint density at radius 1 is 1.29 bits per heavy atom. The van der Waals surface area contributed by atoms with Crippen molar-refractivity contribution < 1.29 is 24.2 Å². The zero-order valence-corrected chi connectivity index (χ0v) is 9.32. The van der Waals surface area contributed by atoms with Crippen LogP contribution in [0.1, 0.15) is 24.2 Å². The molecule has 0 saturated carbocycles. The third-order valence-electron chi connectivity index (χ3n) is 2.21. The molecular formula is C11H12FNO4. The van der Waals surface area contributed by atoms with Gasteiger partial charge in [0.15, 0.2) is 5.82 Å². The molecule has 0 aliphatic carbocycles. The minimum Gasteiger partial charge on any atom is -0.480 e. The van der Waals surface area contributed by atoms with Gasteiger partial charge in [-0.05, 0) is 26.0 Å². The summed E-state index contributed by atoms with van der Waals surface area (Å²) in [6.07, 6.45) is 0. The van der Waals surface area contributed by atoms with Crippen molar-refractivity contribution in [2.45, 2.75) is 19.4 Å². The second kappa shape index (κ2) is 4.40. The van der Waals surface area contributed by atoms with E-state index in [-0.39, 0.29) is 5.69 Å². The lowest BCUT2D eigenvalue weighted by atomic mass is 10.0. The SMILES string of the molecule is CC(C)(Nc1cccc(C(=O)O)c1F)C(=O)O. The van der Waals surface area contributed by atoms with Crippen LogP contribution in [0.2, 0.25) is 0 Å². The Kier molecular flexibility index (Phi) is 3.36. The van der Waals surface area contributed by atoms with Gasteiger partial charge in [-0.1, -0.05) is 6.07 Å². The first kappa shape index (κ1) is 13.0. The first-order chi connectivity index (χ1) is 7.75. The highest BCUT2D eigenvalue weighted by atomic mass is 19.1. The van der Waals surface area contributed by atoms with Crippen molar-refractivity contribution in [3.8, 4) is 0 Å². The number of rotatable bonds is 4. The third kappa shape index (κ3) is 2.72. The first-order valence-corrected chi connectivity index (χ1v) is 4.79. The van der Waals surface area contributed by atoms with Crippen LogP contribution in [0.5, 0.6) is 0 Å². The highest BCUT2D eigenvalue weighted by molar-refractivity contribution is 5.90. The molecule has 0 aliphatic heterocycles.